The van der Waals surface area contributed by atoms with Crippen molar-refractivity contribution < 1.29 is 28.7 Å². The number of H-pyrrole nitrogens is 1. The van der Waals surface area contributed by atoms with Crippen molar-refractivity contribution in [3.05, 3.63) is 59.7 Å². The molecule has 13 heteroatoms. The van der Waals surface area contributed by atoms with E-state index in [1.807, 2.05) is 36.5 Å². The molecule has 1 aromatic carbocycles. The number of pyridine rings is 1. The highest BCUT2D eigenvalue weighted by Gasteiger charge is 2.49. The summed E-state index contributed by atoms with van der Waals surface area (Å²) >= 11 is 0. The second kappa shape index (κ2) is 8.75. The second-order valence-electron chi connectivity index (χ2n) is 7.82. The fourth-order valence-corrected chi connectivity index (χ4v) is 4.45. The summed E-state index contributed by atoms with van der Waals surface area (Å²) in [6.07, 6.45) is 2.75. The van der Waals surface area contributed by atoms with E-state index in [-0.39, 0.29) is 12.6 Å². The van der Waals surface area contributed by atoms with Crippen LogP contribution in [0.2, 0.25) is 0 Å². The molecule has 0 aliphatic carbocycles. The average molecular weight is 473 g/mol. The third-order valence-corrected chi connectivity index (χ3v) is 6.12. The molecule has 172 valence electrons. The smallest absolute Gasteiger partial charge is 0.441 e. The van der Waals surface area contributed by atoms with Crippen molar-refractivity contribution >= 4 is 20.0 Å². The highest BCUT2D eigenvalue weighted by Crippen LogP contribution is 2.47. The Morgan fingerprint density at radius 2 is 1.97 bits per heavy atom. The second-order valence-corrected chi connectivity index (χ2v) is 9.10. The van der Waals surface area contributed by atoms with Crippen LogP contribution in [-0.4, -0.2) is 59.9 Å². The molecule has 5 N–H and O–H groups in total. The van der Waals surface area contributed by atoms with Gasteiger partial charge in [-0.05, 0) is 35.7 Å². The van der Waals surface area contributed by atoms with Crippen LogP contribution in [0.3, 0.4) is 0 Å². The van der Waals surface area contributed by atoms with E-state index in [4.69, 9.17) is 19.4 Å². The van der Waals surface area contributed by atoms with Crippen molar-refractivity contribution in [1.82, 2.24) is 25.7 Å². The summed E-state index contributed by atoms with van der Waals surface area (Å²) in [6, 6.07) is 9.41. The van der Waals surface area contributed by atoms with Crippen LogP contribution < -0.4 is 10.2 Å². The van der Waals surface area contributed by atoms with Crippen LogP contribution in [0.4, 0.5) is 10.5 Å². The van der Waals surface area contributed by atoms with Crippen molar-refractivity contribution in [2.75, 3.05) is 11.5 Å². The van der Waals surface area contributed by atoms with Gasteiger partial charge in [-0.1, -0.05) is 12.1 Å². The van der Waals surface area contributed by atoms with Crippen molar-refractivity contribution in [2.24, 2.45) is 0 Å². The first kappa shape index (κ1) is 21.8. The average Bonchev–Trinajstić information content (AvgIpc) is 3.49. The number of hydrogen-bond acceptors (Lipinski definition) is 10. The molecular weight excluding hydrogens is 451 g/mol. The molecule has 2 atom stereocenters. The van der Waals surface area contributed by atoms with E-state index in [9.17, 15) is 4.79 Å². The fraction of sp³-hybridized carbons (Fsp3) is 0.300. The predicted octanol–water partition coefficient (Wildman–Crippen LogP) is 1.08. The third-order valence-electron chi connectivity index (χ3n) is 5.63. The number of nitrogens with zero attached hydrogens (tertiary/aromatic N) is 4. The predicted molar refractivity (Wildman–Crippen MR) is 116 cm³/mol. The Labute approximate surface area is 188 Å². The van der Waals surface area contributed by atoms with Crippen molar-refractivity contribution in [2.45, 2.75) is 31.7 Å². The molecule has 4 heterocycles. The molecule has 0 bridgehead atoms. The number of rotatable bonds is 8. The lowest BCUT2D eigenvalue weighted by molar-refractivity contribution is 0.0659. The number of carbonyl (C=O) groups is 1. The standard InChI is InChI=1S/C20H22N6O6P/c27-20-26-17-4-2-12(5-14(17)6-18(26)19(32-20)11-31-33(28,29)30)13-1-3-15(22-7-13)8-21-9-16-10-23-25-24-16/h1-5,7,10,18-19,21,28-30H,6,8-9,11H2,(H,23,24,25)/q+1/t18-,19-/m0/s1. The molecule has 0 unspecified atom stereocenters. The van der Waals surface area contributed by atoms with Gasteiger partial charge in [0.15, 0.2) is 6.10 Å². The summed E-state index contributed by atoms with van der Waals surface area (Å²) in [4.78, 5) is 45.6. The van der Waals surface area contributed by atoms with E-state index in [1.165, 1.54) is 0 Å². The van der Waals surface area contributed by atoms with Gasteiger partial charge in [0.25, 0.3) is 0 Å². The molecule has 1 fully saturated rings. The van der Waals surface area contributed by atoms with Gasteiger partial charge in [-0.3, -0.25) is 9.88 Å². The number of hydrogen-bond donors (Lipinski definition) is 5. The Morgan fingerprint density at radius 1 is 1.15 bits per heavy atom. The Bertz CT molecular complexity index is 1140. The zero-order valence-corrected chi connectivity index (χ0v) is 18.2. The Hall–Kier alpha value is -2.99. The van der Waals surface area contributed by atoms with Crippen LogP contribution in [0.1, 0.15) is 17.0 Å². The van der Waals surface area contributed by atoms with Crippen LogP contribution in [0.5, 0.6) is 0 Å². The normalized spacial score (nSPS) is 19.5. The van der Waals surface area contributed by atoms with Crippen LogP contribution in [0.25, 0.3) is 11.1 Å². The fourth-order valence-electron chi connectivity index (χ4n) is 4.10. The maximum atomic E-state index is 12.4. The molecular formula is C20H22N6O6P+. The zero-order chi connectivity index (χ0) is 23.0. The summed E-state index contributed by atoms with van der Waals surface area (Å²) < 4.78 is 9.96. The molecule has 2 aliphatic rings. The van der Waals surface area contributed by atoms with E-state index in [1.54, 1.807) is 11.1 Å². The molecule has 3 aromatic rings. The number of cyclic esters (lactones) is 1. The quantitative estimate of drug-likeness (QED) is 0.299. The summed E-state index contributed by atoms with van der Waals surface area (Å²) in [6.45, 7) is 0.883. The maximum absolute atomic E-state index is 12.4. The highest BCUT2D eigenvalue weighted by atomic mass is 31.2. The summed E-state index contributed by atoms with van der Waals surface area (Å²) in [5.74, 6) is 0. The number of fused-ring (bicyclic) bond motifs is 3. The van der Waals surface area contributed by atoms with Gasteiger partial charge < -0.3 is 10.1 Å². The first-order chi connectivity index (χ1) is 15.9. The largest absolute Gasteiger partial charge is 0.567 e. The van der Waals surface area contributed by atoms with Crippen LogP contribution in [0, 0.1) is 0 Å². The zero-order valence-electron chi connectivity index (χ0n) is 17.3. The molecule has 0 saturated carbocycles. The number of amides is 1. The number of benzene rings is 1. The number of aromatic amines is 1. The van der Waals surface area contributed by atoms with E-state index in [0.29, 0.717) is 19.5 Å². The first-order valence-electron chi connectivity index (χ1n) is 10.2. The van der Waals surface area contributed by atoms with E-state index in [0.717, 1.165) is 33.8 Å². The van der Waals surface area contributed by atoms with E-state index in [2.05, 4.69) is 30.2 Å². The molecule has 2 aromatic heterocycles. The molecule has 0 spiro atoms. The highest BCUT2D eigenvalue weighted by molar-refractivity contribution is 7.53. The van der Waals surface area contributed by atoms with Gasteiger partial charge in [0.05, 0.1) is 29.3 Å². The Morgan fingerprint density at radius 3 is 2.70 bits per heavy atom. The topological polar surface area (TPSA) is 166 Å². The van der Waals surface area contributed by atoms with Crippen LogP contribution >= 0.6 is 8.17 Å². The molecule has 0 radical (unpaired) electrons. The van der Waals surface area contributed by atoms with Gasteiger partial charge in [-0.2, -0.15) is 30.1 Å². The molecule has 33 heavy (non-hydrogen) atoms. The molecule has 1 saturated heterocycles. The number of anilines is 1. The lowest BCUT2D eigenvalue weighted by atomic mass is 10.0. The van der Waals surface area contributed by atoms with Gasteiger partial charge in [-0.15, -0.1) is 4.52 Å². The Kier molecular flexibility index (Phi) is 5.79. The SMILES string of the molecule is O=C1O[C@@H](CO[P+](O)(O)O)[C@@H]2Cc3cc(-c4ccc(CNCc5cn[nH]n5)nc4)ccc3N12. The number of ether oxygens (including phenoxy) is 1. The summed E-state index contributed by atoms with van der Waals surface area (Å²) in [7, 11) is -4.40. The minimum Gasteiger partial charge on any atom is -0.441 e. The van der Waals surface area contributed by atoms with Crippen molar-refractivity contribution in [3.8, 4) is 11.1 Å². The molecule has 1 amide bonds. The van der Waals surface area contributed by atoms with Gasteiger partial charge in [0.1, 0.15) is 6.61 Å². The lowest BCUT2D eigenvalue weighted by Gasteiger charge is -2.15. The summed E-state index contributed by atoms with van der Waals surface area (Å²) in [5.41, 5.74) is 5.35. The van der Waals surface area contributed by atoms with Crippen molar-refractivity contribution in [3.63, 3.8) is 0 Å². The van der Waals surface area contributed by atoms with E-state index < -0.39 is 20.4 Å². The van der Waals surface area contributed by atoms with Gasteiger partial charge in [-0.25, -0.2) is 4.79 Å². The minimum atomic E-state index is -4.40. The lowest BCUT2D eigenvalue weighted by Crippen LogP contribution is -2.35. The number of nitrogens with one attached hydrogen (secondary N) is 2. The van der Waals surface area contributed by atoms with Crippen LogP contribution in [-0.2, 0) is 28.8 Å². The first-order valence-corrected chi connectivity index (χ1v) is 11.8. The maximum Gasteiger partial charge on any atom is 0.567 e. The summed E-state index contributed by atoms with van der Waals surface area (Å²) in [5, 5.41) is 13.6. The van der Waals surface area contributed by atoms with E-state index >= 15 is 0 Å². The molecule has 2 aliphatic heterocycles. The molecule has 5 rings (SSSR count). The minimum absolute atomic E-state index is 0.304. The third kappa shape index (κ3) is 4.71. The molecule has 12 nitrogen and oxygen atoms in total. The van der Waals surface area contributed by atoms with Gasteiger partial charge >= 0.3 is 14.3 Å². The monoisotopic (exact) mass is 473 g/mol. The number of aromatic nitrogens is 4. The van der Waals surface area contributed by atoms with Gasteiger partial charge in [0, 0.05) is 24.8 Å². The van der Waals surface area contributed by atoms with Crippen molar-refractivity contribution in [1.29, 1.82) is 0 Å². The van der Waals surface area contributed by atoms with Crippen LogP contribution in [0.15, 0.2) is 42.7 Å². The number of carbonyl (C=O) groups excluding carboxylic acids is 1. The Balaban J connectivity index is 1.25. The van der Waals surface area contributed by atoms with Gasteiger partial charge in [0.2, 0.25) is 0 Å².